The fourth-order valence-corrected chi connectivity index (χ4v) is 4.04. The Hall–Kier alpha value is -2.57. The number of carbonyl (C=O) groups excluding carboxylic acids is 3. The molecule has 1 unspecified atom stereocenters. The second kappa shape index (κ2) is 9.76. The first-order valence-corrected chi connectivity index (χ1v) is 10.6. The second-order valence-electron chi connectivity index (χ2n) is 7.86. The van der Waals surface area contributed by atoms with E-state index >= 15 is 0 Å². The number of hydrogen-bond donors (Lipinski definition) is 2. The average Bonchev–Trinajstić information content (AvgIpc) is 2.74. The van der Waals surface area contributed by atoms with E-state index in [2.05, 4.69) is 22.8 Å². The SMILES string of the molecule is CCOC(=O)N1CCC(NC(=O)C(=O)NC(C)c2ccc3c(c2)CCCC3)CC1. The van der Waals surface area contributed by atoms with Gasteiger partial charge in [0.2, 0.25) is 0 Å². The smallest absolute Gasteiger partial charge is 0.409 e. The Morgan fingerprint density at radius 2 is 1.79 bits per heavy atom. The monoisotopic (exact) mass is 401 g/mol. The average molecular weight is 402 g/mol. The standard InChI is InChI=1S/C22H31N3O4/c1-3-29-22(28)25-12-10-19(11-13-25)24-21(27)20(26)23-15(2)17-9-8-16-6-4-5-7-18(16)14-17/h8-9,14-15,19H,3-7,10-13H2,1-2H3,(H,23,26)(H,24,27). The highest BCUT2D eigenvalue weighted by atomic mass is 16.6. The highest BCUT2D eigenvalue weighted by Gasteiger charge is 2.27. The molecule has 2 N–H and O–H groups in total. The van der Waals surface area contributed by atoms with E-state index in [4.69, 9.17) is 4.74 Å². The summed E-state index contributed by atoms with van der Waals surface area (Å²) in [5.41, 5.74) is 3.77. The fourth-order valence-electron chi connectivity index (χ4n) is 4.04. The first-order chi connectivity index (χ1) is 14.0. The Bertz CT molecular complexity index is 756. The number of benzene rings is 1. The van der Waals surface area contributed by atoms with Gasteiger partial charge in [-0.1, -0.05) is 18.2 Å². The van der Waals surface area contributed by atoms with Crippen molar-refractivity contribution in [3.63, 3.8) is 0 Å². The summed E-state index contributed by atoms with van der Waals surface area (Å²) in [4.78, 5) is 38.0. The third-order valence-corrected chi connectivity index (χ3v) is 5.78. The molecule has 1 aromatic carbocycles. The lowest BCUT2D eigenvalue weighted by molar-refractivity contribution is -0.140. The van der Waals surface area contributed by atoms with Gasteiger partial charge >= 0.3 is 17.9 Å². The van der Waals surface area contributed by atoms with Crippen molar-refractivity contribution in [2.45, 2.75) is 64.5 Å². The van der Waals surface area contributed by atoms with E-state index in [0.717, 1.165) is 18.4 Å². The van der Waals surface area contributed by atoms with Crippen LogP contribution in [0.25, 0.3) is 0 Å². The first-order valence-electron chi connectivity index (χ1n) is 10.6. The van der Waals surface area contributed by atoms with Crippen molar-refractivity contribution in [2.75, 3.05) is 19.7 Å². The summed E-state index contributed by atoms with van der Waals surface area (Å²) < 4.78 is 4.99. The van der Waals surface area contributed by atoms with Gasteiger partial charge in [-0.2, -0.15) is 0 Å². The molecule has 1 aliphatic heterocycles. The van der Waals surface area contributed by atoms with Gasteiger partial charge in [-0.05, 0) is 69.1 Å². The van der Waals surface area contributed by atoms with Crippen molar-refractivity contribution in [1.29, 1.82) is 0 Å². The van der Waals surface area contributed by atoms with Crippen LogP contribution in [0, 0.1) is 0 Å². The van der Waals surface area contributed by atoms with Crippen LogP contribution in [0.2, 0.25) is 0 Å². The highest BCUT2D eigenvalue weighted by Crippen LogP contribution is 2.24. The predicted molar refractivity (Wildman–Crippen MR) is 109 cm³/mol. The number of nitrogens with zero attached hydrogens (tertiary/aromatic N) is 1. The number of aryl methyl sites for hydroxylation is 2. The van der Waals surface area contributed by atoms with Gasteiger partial charge in [0.05, 0.1) is 12.6 Å². The van der Waals surface area contributed by atoms with Crippen LogP contribution in [0.5, 0.6) is 0 Å². The number of nitrogens with one attached hydrogen (secondary N) is 2. The molecule has 3 rings (SSSR count). The van der Waals surface area contributed by atoms with Crippen molar-refractivity contribution in [1.82, 2.24) is 15.5 Å². The van der Waals surface area contributed by atoms with Gasteiger partial charge in [0.15, 0.2) is 0 Å². The lowest BCUT2D eigenvalue weighted by Gasteiger charge is -2.31. The predicted octanol–water partition coefficient (Wildman–Crippen LogP) is 2.48. The van der Waals surface area contributed by atoms with Crippen LogP contribution in [-0.4, -0.2) is 48.5 Å². The van der Waals surface area contributed by atoms with Crippen molar-refractivity contribution >= 4 is 17.9 Å². The summed E-state index contributed by atoms with van der Waals surface area (Å²) in [5.74, 6) is -1.24. The molecule has 2 aliphatic rings. The number of likely N-dealkylation sites (tertiary alicyclic amines) is 1. The number of ether oxygens (including phenoxy) is 1. The third kappa shape index (κ3) is 5.49. The molecular formula is C22H31N3O4. The lowest BCUT2D eigenvalue weighted by Crippen LogP contribution is -2.50. The maximum atomic E-state index is 12.3. The normalized spacial score (nSPS) is 17.8. The number of amides is 3. The zero-order valence-corrected chi connectivity index (χ0v) is 17.3. The lowest BCUT2D eigenvalue weighted by atomic mass is 9.89. The topological polar surface area (TPSA) is 87.7 Å². The van der Waals surface area contributed by atoms with E-state index in [1.54, 1.807) is 11.8 Å². The third-order valence-electron chi connectivity index (χ3n) is 5.78. The van der Waals surface area contributed by atoms with Crippen LogP contribution in [0.3, 0.4) is 0 Å². The van der Waals surface area contributed by atoms with Crippen LogP contribution in [-0.2, 0) is 27.2 Å². The molecule has 0 aromatic heterocycles. The Morgan fingerprint density at radius 1 is 1.10 bits per heavy atom. The molecule has 29 heavy (non-hydrogen) atoms. The van der Waals surface area contributed by atoms with Gasteiger partial charge in [-0.15, -0.1) is 0 Å². The van der Waals surface area contributed by atoms with Gasteiger partial charge in [0.1, 0.15) is 0 Å². The van der Waals surface area contributed by atoms with Gasteiger partial charge < -0.3 is 20.3 Å². The Labute approximate surface area is 172 Å². The second-order valence-corrected chi connectivity index (χ2v) is 7.86. The summed E-state index contributed by atoms with van der Waals surface area (Å²) in [6.07, 6.45) is 5.53. The van der Waals surface area contributed by atoms with Crippen LogP contribution < -0.4 is 10.6 Å². The summed E-state index contributed by atoms with van der Waals surface area (Å²) in [6.45, 7) is 5.04. The summed E-state index contributed by atoms with van der Waals surface area (Å²) in [6, 6.07) is 5.99. The highest BCUT2D eigenvalue weighted by molar-refractivity contribution is 6.35. The molecule has 1 saturated heterocycles. The fraction of sp³-hybridized carbons (Fsp3) is 0.591. The van der Waals surface area contributed by atoms with Crippen molar-refractivity contribution in [2.24, 2.45) is 0 Å². The molecule has 0 radical (unpaired) electrons. The Morgan fingerprint density at radius 3 is 2.48 bits per heavy atom. The molecule has 7 nitrogen and oxygen atoms in total. The van der Waals surface area contributed by atoms with E-state index in [0.29, 0.717) is 32.5 Å². The summed E-state index contributed by atoms with van der Waals surface area (Å²) in [5, 5.41) is 5.59. The van der Waals surface area contributed by atoms with E-state index in [1.165, 1.54) is 24.0 Å². The maximum absolute atomic E-state index is 12.3. The number of piperidine rings is 1. The zero-order valence-electron chi connectivity index (χ0n) is 17.3. The first kappa shape index (κ1) is 21.1. The van der Waals surface area contributed by atoms with Crippen LogP contribution in [0.1, 0.15) is 62.3 Å². The van der Waals surface area contributed by atoms with E-state index in [-0.39, 0.29) is 18.2 Å². The maximum Gasteiger partial charge on any atom is 0.409 e. The van der Waals surface area contributed by atoms with Gasteiger partial charge in [0, 0.05) is 19.1 Å². The van der Waals surface area contributed by atoms with E-state index < -0.39 is 11.8 Å². The number of fused-ring (bicyclic) bond motifs is 1. The minimum Gasteiger partial charge on any atom is -0.450 e. The van der Waals surface area contributed by atoms with Crippen molar-refractivity contribution in [3.8, 4) is 0 Å². The Balaban J connectivity index is 1.47. The molecule has 0 spiro atoms. The van der Waals surface area contributed by atoms with Crippen molar-refractivity contribution < 1.29 is 19.1 Å². The molecule has 158 valence electrons. The largest absolute Gasteiger partial charge is 0.450 e. The van der Waals surface area contributed by atoms with E-state index in [1.807, 2.05) is 13.0 Å². The van der Waals surface area contributed by atoms with Gasteiger partial charge in [-0.25, -0.2) is 4.79 Å². The molecule has 0 saturated carbocycles. The van der Waals surface area contributed by atoms with Crippen LogP contribution in [0.4, 0.5) is 4.79 Å². The van der Waals surface area contributed by atoms with Gasteiger partial charge in [-0.3, -0.25) is 9.59 Å². The van der Waals surface area contributed by atoms with Crippen LogP contribution >= 0.6 is 0 Å². The molecule has 1 aliphatic carbocycles. The molecule has 3 amide bonds. The minimum atomic E-state index is -0.622. The quantitative estimate of drug-likeness (QED) is 0.759. The molecule has 0 bridgehead atoms. The summed E-state index contributed by atoms with van der Waals surface area (Å²) in [7, 11) is 0. The van der Waals surface area contributed by atoms with E-state index in [9.17, 15) is 14.4 Å². The molecular weight excluding hydrogens is 370 g/mol. The van der Waals surface area contributed by atoms with Crippen molar-refractivity contribution in [3.05, 3.63) is 34.9 Å². The zero-order chi connectivity index (χ0) is 20.8. The molecule has 1 aromatic rings. The molecule has 1 atom stereocenters. The van der Waals surface area contributed by atoms with Crippen LogP contribution in [0.15, 0.2) is 18.2 Å². The summed E-state index contributed by atoms with van der Waals surface area (Å²) >= 11 is 0. The minimum absolute atomic E-state index is 0.113. The molecule has 1 fully saturated rings. The van der Waals surface area contributed by atoms with Gasteiger partial charge in [0.25, 0.3) is 0 Å². The number of hydrogen-bond acceptors (Lipinski definition) is 4. The molecule has 1 heterocycles. The number of rotatable bonds is 4. The molecule has 7 heteroatoms. The Kier molecular flexibility index (Phi) is 7.12. The number of carbonyl (C=O) groups is 3.